The molecule has 0 saturated heterocycles. The van der Waals surface area contributed by atoms with E-state index in [0.717, 1.165) is 6.07 Å². The summed E-state index contributed by atoms with van der Waals surface area (Å²) in [6, 6.07) is 1.19. The molecule has 1 heterocycles. The molecule has 1 amide bonds. The molecule has 0 aliphatic carbocycles. The highest BCUT2D eigenvalue weighted by atomic mass is 19.1. The second kappa shape index (κ2) is 4.98. The highest BCUT2D eigenvalue weighted by molar-refractivity contribution is 6.61. The van der Waals surface area contributed by atoms with E-state index in [0.29, 0.717) is 0 Å². The number of aliphatic carboxylic acids is 1. The van der Waals surface area contributed by atoms with Gasteiger partial charge in [0.25, 0.3) is 5.91 Å². The third-order valence-corrected chi connectivity index (χ3v) is 2.86. The number of hydrogen-bond acceptors (Lipinski definition) is 4. The fourth-order valence-corrected chi connectivity index (χ4v) is 1.76. The van der Waals surface area contributed by atoms with Gasteiger partial charge in [0.2, 0.25) is 0 Å². The Morgan fingerprint density at radius 1 is 1.53 bits per heavy atom. The third kappa shape index (κ3) is 2.59. The number of carboxylic acid groups (broad SMARTS) is 1. The van der Waals surface area contributed by atoms with Gasteiger partial charge < -0.3 is 20.1 Å². The maximum atomic E-state index is 13.7. The number of nitrogens with one attached hydrogen (secondary N) is 1. The normalized spacial score (nSPS) is 15.0. The standard InChI is InChI=1S/C11H11BFNO5/c1-5(11(16)17)14-10(15)6-2-8-7(9(13)3-6)4-19-12(8)18/h2-3,5,18H,4H2,1H3,(H,14,15)(H,16,17). The highest BCUT2D eigenvalue weighted by Gasteiger charge is 2.31. The maximum Gasteiger partial charge on any atom is 0.491 e. The summed E-state index contributed by atoms with van der Waals surface area (Å²) >= 11 is 0. The molecule has 1 unspecified atom stereocenters. The molecule has 0 saturated carbocycles. The zero-order chi connectivity index (χ0) is 14.2. The molecule has 0 fully saturated rings. The number of rotatable bonds is 3. The van der Waals surface area contributed by atoms with Crippen LogP contribution in [0.25, 0.3) is 0 Å². The Hall–Kier alpha value is -1.93. The molecule has 0 aromatic heterocycles. The van der Waals surface area contributed by atoms with Crippen molar-refractivity contribution in [2.45, 2.75) is 19.6 Å². The minimum atomic E-state index is -1.27. The number of halogens is 1. The van der Waals surface area contributed by atoms with E-state index >= 15 is 0 Å². The van der Waals surface area contributed by atoms with Crippen molar-refractivity contribution >= 4 is 24.5 Å². The van der Waals surface area contributed by atoms with Gasteiger partial charge in [0.15, 0.2) is 0 Å². The predicted molar refractivity (Wildman–Crippen MR) is 63.4 cm³/mol. The van der Waals surface area contributed by atoms with Gasteiger partial charge in [-0.3, -0.25) is 9.59 Å². The second-order valence-electron chi connectivity index (χ2n) is 4.22. The van der Waals surface area contributed by atoms with Gasteiger partial charge in [-0.1, -0.05) is 0 Å². The Morgan fingerprint density at radius 3 is 2.84 bits per heavy atom. The maximum absolute atomic E-state index is 13.7. The number of carboxylic acids is 1. The summed E-state index contributed by atoms with van der Waals surface area (Å²) in [6.07, 6.45) is 0. The lowest BCUT2D eigenvalue weighted by atomic mass is 9.78. The number of benzene rings is 1. The van der Waals surface area contributed by atoms with Crippen LogP contribution < -0.4 is 10.8 Å². The molecule has 1 aromatic rings. The average Bonchev–Trinajstić information content (AvgIpc) is 2.71. The summed E-state index contributed by atoms with van der Waals surface area (Å²) in [5, 5.41) is 20.3. The van der Waals surface area contributed by atoms with Crippen LogP contribution in [-0.4, -0.2) is 35.2 Å². The first-order chi connectivity index (χ1) is 8.90. The fraction of sp³-hybridized carbons (Fsp3) is 0.273. The van der Waals surface area contributed by atoms with E-state index in [9.17, 15) is 19.0 Å². The Labute approximate surface area is 108 Å². The van der Waals surface area contributed by atoms with Crippen LogP contribution in [0.15, 0.2) is 12.1 Å². The van der Waals surface area contributed by atoms with Crippen molar-refractivity contribution in [3.63, 3.8) is 0 Å². The van der Waals surface area contributed by atoms with Gasteiger partial charge in [-0.15, -0.1) is 0 Å². The topological polar surface area (TPSA) is 95.9 Å². The van der Waals surface area contributed by atoms with Crippen LogP contribution in [0.3, 0.4) is 0 Å². The largest absolute Gasteiger partial charge is 0.491 e. The first-order valence-electron chi connectivity index (χ1n) is 5.56. The van der Waals surface area contributed by atoms with Gasteiger partial charge in [-0.25, -0.2) is 4.39 Å². The van der Waals surface area contributed by atoms with Crippen molar-refractivity contribution < 1.29 is 28.8 Å². The summed E-state index contributed by atoms with van der Waals surface area (Å²) in [6.45, 7) is 1.23. The van der Waals surface area contributed by atoms with Gasteiger partial charge in [0, 0.05) is 11.1 Å². The highest BCUT2D eigenvalue weighted by Crippen LogP contribution is 2.16. The lowest BCUT2D eigenvalue weighted by molar-refractivity contribution is -0.138. The van der Waals surface area contributed by atoms with Crippen molar-refractivity contribution in [1.82, 2.24) is 5.32 Å². The Kier molecular flexibility index (Phi) is 3.54. The van der Waals surface area contributed by atoms with Crippen LogP contribution in [0.2, 0.25) is 0 Å². The number of hydrogen-bond donors (Lipinski definition) is 3. The van der Waals surface area contributed by atoms with Crippen molar-refractivity contribution in [3.8, 4) is 0 Å². The van der Waals surface area contributed by atoms with Gasteiger partial charge in [0.1, 0.15) is 11.9 Å². The summed E-state index contributed by atoms with van der Waals surface area (Å²) in [7, 11) is -1.27. The SMILES string of the molecule is CC(NC(=O)c1cc(F)c2c(c1)B(O)OC2)C(=O)O. The number of fused-ring (bicyclic) bond motifs is 1. The first kappa shape index (κ1) is 13.5. The summed E-state index contributed by atoms with van der Waals surface area (Å²) in [5.41, 5.74) is 0.331. The molecule has 0 radical (unpaired) electrons. The van der Waals surface area contributed by atoms with E-state index in [4.69, 9.17) is 9.76 Å². The second-order valence-corrected chi connectivity index (χ2v) is 4.22. The molecular weight excluding hydrogens is 256 g/mol. The van der Waals surface area contributed by atoms with E-state index in [1.807, 2.05) is 0 Å². The van der Waals surface area contributed by atoms with Crippen LogP contribution in [0.4, 0.5) is 4.39 Å². The number of amides is 1. The average molecular weight is 267 g/mol. The molecule has 3 N–H and O–H groups in total. The van der Waals surface area contributed by atoms with E-state index in [1.54, 1.807) is 0 Å². The Bertz CT molecular complexity index is 550. The van der Waals surface area contributed by atoms with Gasteiger partial charge in [-0.05, 0) is 24.5 Å². The molecule has 2 rings (SSSR count). The summed E-state index contributed by atoms with van der Waals surface area (Å²) in [4.78, 5) is 22.4. The quantitative estimate of drug-likeness (QED) is 0.626. The van der Waals surface area contributed by atoms with Crippen molar-refractivity contribution in [3.05, 3.63) is 29.1 Å². The van der Waals surface area contributed by atoms with E-state index < -0.39 is 30.9 Å². The van der Waals surface area contributed by atoms with Gasteiger partial charge in [-0.2, -0.15) is 0 Å². The lowest BCUT2D eigenvalue weighted by Gasteiger charge is -2.10. The third-order valence-electron chi connectivity index (χ3n) is 2.86. The van der Waals surface area contributed by atoms with Crippen molar-refractivity contribution in [2.75, 3.05) is 0 Å². The van der Waals surface area contributed by atoms with Crippen LogP contribution in [0, 0.1) is 5.82 Å². The molecule has 100 valence electrons. The smallest absolute Gasteiger partial charge is 0.480 e. The fourth-order valence-electron chi connectivity index (χ4n) is 1.76. The van der Waals surface area contributed by atoms with E-state index in [-0.39, 0.29) is 23.2 Å². The first-order valence-corrected chi connectivity index (χ1v) is 5.56. The predicted octanol–water partition coefficient (Wildman–Crippen LogP) is -0.754. The van der Waals surface area contributed by atoms with E-state index in [2.05, 4.69) is 5.32 Å². The Balaban J connectivity index is 2.27. The molecule has 1 atom stereocenters. The lowest BCUT2D eigenvalue weighted by Crippen LogP contribution is -2.39. The molecule has 0 bridgehead atoms. The summed E-state index contributed by atoms with van der Waals surface area (Å²) in [5.74, 6) is -2.59. The molecule has 19 heavy (non-hydrogen) atoms. The number of carbonyl (C=O) groups excluding carboxylic acids is 1. The molecule has 6 nitrogen and oxygen atoms in total. The minimum absolute atomic E-state index is 0.0598. The van der Waals surface area contributed by atoms with Gasteiger partial charge in [0.05, 0.1) is 6.61 Å². The van der Waals surface area contributed by atoms with E-state index in [1.165, 1.54) is 13.0 Å². The van der Waals surface area contributed by atoms with Crippen LogP contribution in [0.5, 0.6) is 0 Å². The molecule has 1 aliphatic heterocycles. The van der Waals surface area contributed by atoms with Crippen LogP contribution in [-0.2, 0) is 16.1 Å². The zero-order valence-corrected chi connectivity index (χ0v) is 10.0. The number of carbonyl (C=O) groups is 2. The Morgan fingerprint density at radius 2 is 2.21 bits per heavy atom. The molecule has 1 aromatic carbocycles. The molecule has 0 spiro atoms. The van der Waals surface area contributed by atoms with Gasteiger partial charge >= 0.3 is 13.1 Å². The molecule has 1 aliphatic rings. The minimum Gasteiger partial charge on any atom is -0.480 e. The monoisotopic (exact) mass is 267 g/mol. The molecule has 8 heteroatoms. The summed E-state index contributed by atoms with van der Waals surface area (Å²) < 4.78 is 18.5. The van der Waals surface area contributed by atoms with Crippen molar-refractivity contribution in [1.29, 1.82) is 0 Å². The van der Waals surface area contributed by atoms with Crippen LogP contribution in [0.1, 0.15) is 22.8 Å². The van der Waals surface area contributed by atoms with Crippen molar-refractivity contribution in [2.24, 2.45) is 0 Å². The molecular formula is C11H11BFNO5. The zero-order valence-electron chi connectivity index (χ0n) is 10.0. The van der Waals surface area contributed by atoms with Crippen LogP contribution >= 0.6 is 0 Å².